The summed E-state index contributed by atoms with van der Waals surface area (Å²) in [6.07, 6.45) is 39.6. The largest absolute Gasteiger partial charge is 0.475 e. The van der Waals surface area contributed by atoms with E-state index in [0.717, 1.165) is 64.2 Å². The number of allylic oxidation sites excluding steroid dienone is 4. The zero-order chi connectivity index (χ0) is 40.5. The standard InChI is InChI=1S/C45H85NO8P/c1-6-9-11-13-15-17-19-21-23-25-27-29-31-33-35-37-44(47)50-41-43(42-53-55(49,51-8-3)52-40-39-46(4)5)54-45(48)38-36-34-32-30-28-26-24-22-20-18-16-14-12-10-7-2/h21-24,43H,4,6-20,25-42H2,1-3,5H3/q+1/b23-21-,24-22-/t43-,55?/m1/s1. The van der Waals surface area contributed by atoms with Crippen LogP contribution in [-0.2, 0) is 37.2 Å². The predicted molar refractivity (Wildman–Crippen MR) is 229 cm³/mol. The van der Waals surface area contributed by atoms with Crippen molar-refractivity contribution < 1.29 is 41.8 Å². The summed E-state index contributed by atoms with van der Waals surface area (Å²) in [4.78, 5) is 25.4. The van der Waals surface area contributed by atoms with Gasteiger partial charge in [0.15, 0.2) is 12.6 Å². The van der Waals surface area contributed by atoms with Gasteiger partial charge >= 0.3 is 19.8 Å². The summed E-state index contributed by atoms with van der Waals surface area (Å²) >= 11 is 0. The first kappa shape index (κ1) is 53.2. The maximum absolute atomic E-state index is 13.2. The number of hydrogen-bond donors (Lipinski definition) is 0. The normalized spacial score (nSPS) is 13.4. The molecule has 0 fully saturated rings. The lowest BCUT2D eigenvalue weighted by Gasteiger charge is -2.21. The van der Waals surface area contributed by atoms with Gasteiger partial charge in [-0.3, -0.25) is 23.2 Å². The highest BCUT2D eigenvalue weighted by Crippen LogP contribution is 2.49. The molecule has 0 aromatic rings. The van der Waals surface area contributed by atoms with Crippen LogP contribution in [0.3, 0.4) is 0 Å². The minimum Gasteiger partial charge on any atom is -0.462 e. The van der Waals surface area contributed by atoms with Crippen molar-refractivity contribution in [3.63, 3.8) is 0 Å². The lowest BCUT2D eigenvalue weighted by Crippen LogP contribution is -2.29. The number of nitrogens with zero attached hydrogens (tertiary/aromatic N) is 1. The van der Waals surface area contributed by atoms with Crippen LogP contribution in [0.2, 0.25) is 0 Å². The molecule has 2 atom stereocenters. The number of carbonyl (C=O) groups is 2. The molecule has 0 aromatic heterocycles. The lowest BCUT2D eigenvalue weighted by molar-refractivity contribution is -0.490. The number of phosphoric acid groups is 1. The Labute approximate surface area is 338 Å². The molecule has 9 nitrogen and oxygen atoms in total. The van der Waals surface area contributed by atoms with Gasteiger partial charge in [-0.2, -0.15) is 0 Å². The second-order valence-electron chi connectivity index (χ2n) is 15.0. The van der Waals surface area contributed by atoms with E-state index in [1.165, 1.54) is 96.3 Å². The van der Waals surface area contributed by atoms with E-state index in [-0.39, 0.29) is 38.8 Å². The Kier molecular flexibility index (Phi) is 39.1. The fraction of sp³-hybridized carbons (Fsp3) is 0.844. The van der Waals surface area contributed by atoms with Crippen LogP contribution in [0.5, 0.6) is 0 Å². The third-order valence-corrected chi connectivity index (χ3v) is 11.0. The first-order valence-electron chi connectivity index (χ1n) is 22.5. The highest BCUT2D eigenvalue weighted by Gasteiger charge is 2.30. The number of carbonyl (C=O) groups excluding carboxylic acids is 2. The summed E-state index contributed by atoms with van der Waals surface area (Å²) in [5.74, 6) is -0.746. The number of phosphoric ester groups is 1. The summed E-state index contributed by atoms with van der Waals surface area (Å²) in [7, 11) is -2.14. The van der Waals surface area contributed by atoms with Crippen molar-refractivity contribution in [1.82, 2.24) is 0 Å². The fourth-order valence-corrected chi connectivity index (χ4v) is 7.25. The second kappa shape index (κ2) is 40.4. The van der Waals surface area contributed by atoms with Crippen LogP contribution >= 0.6 is 7.82 Å². The minimum atomic E-state index is -3.92. The maximum atomic E-state index is 13.2. The number of unbranched alkanes of at least 4 members (excludes halogenated alkanes) is 22. The van der Waals surface area contributed by atoms with Crippen molar-refractivity contribution in [1.29, 1.82) is 0 Å². The van der Waals surface area contributed by atoms with Crippen molar-refractivity contribution in [3.8, 4) is 0 Å². The van der Waals surface area contributed by atoms with Gasteiger partial charge < -0.3 is 9.47 Å². The third kappa shape index (κ3) is 38.8. The van der Waals surface area contributed by atoms with Gasteiger partial charge in [0.1, 0.15) is 27.0 Å². The molecule has 0 aliphatic carbocycles. The quantitative estimate of drug-likeness (QED) is 0.0150. The Balaban J connectivity index is 4.50. The van der Waals surface area contributed by atoms with Crippen molar-refractivity contribution in [2.24, 2.45) is 0 Å². The molecule has 0 saturated carbocycles. The van der Waals surface area contributed by atoms with Crippen LogP contribution in [0.25, 0.3) is 0 Å². The van der Waals surface area contributed by atoms with Crippen LogP contribution in [0, 0.1) is 0 Å². The van der Waals surface area contributed by atoms with E-state index >= 15 is 0 Å². The van der Waals surface area contributed by atoms with E-state index in [2.05, 4.69) is 44.9 Å². The van der Waals surface area contributed by atoms with Gasteiger partial charge in [-0.25, -0.2) is 9.14 Å². The fourth-order valence-electron chi connectivity index (χ4n) is 6.05. The molecule has 0 aliphatic heterocycles. The second-order valence-corrected chi connectivity index (χ2v) is 16.7. The highest BCUT2D eigenvalue weighted by atomic mass is 31.2. The molecule has 0 aliphatic rings. The molecule has 0 radical (unpaired) electrons. The third-order valence-electron chi connectivity index (χ3n) is 9.44. The molecule has 322 valence electrons. The van der Waals surface area contributed by atoms with Crippen LogP contribution in [0.1, 0.15) is 201 Å². The van der Waals surface area contributed by atoms with E-state index in [4.69, 9.17) is 23.0 Å². The molecule has 0 heterocycles. The van der Waals surface area contributed by atoms with Crippen LogP contribution in [0.15, 0.2) is 24.3 Å². The van der Waals surface area contributed by atoms with Crippen molar-refractivity contribution >= 4 is 26.5 Å². The topological polar surface area (TPSA) is 100 Å². The number of ether oxygens (including phenoxy) is 2. The Hall–Kier alpha value is -1.80. The molecule has 55 heavy (non-hydrogen) atoms. The lowest BCUT2D eigenvalue weighted by atomic mass is 10.1. The average molecular weight is 799 g/mol. The highest BCUT2D eigenvalue weighted by molar-refractivity contribution is 7.48. The molecular weight excluding hydrogens is 713 g/mol. The van der Waals surface area contributed by atoms with E-state index in [1.807, 2.05) is 0 Å². The van der Waals surface area contributed by atoms with Gasteiger partial charge in [-0.15, -0.1) is 0 Å². The first-order valence-corrected chi connectivity index (χ1v) is 23.9. The van der Waals surface area contributed by atoms with Gasteiger partial charge in [-0.1, -0.05) is 141 Å². The number of likely N-dealkylation sites (N-methyl/N-ethyl adjacent to an activating group) is 1. The summed E-state index contributed by atoms with van der Waals surface area (Å²) in [6.45, 7) is 10.1. The van der Waals surface area contributed by atoms with E-state index < -0.39 is 19.9 Å². The van der Waals surface area contributed by atoms with Crippen LogP contribution < -0.4 is 0 Å². The summed E-state index contributed by atoms with van der Waals surface area (Å²) in [5.41, 5.74) is 0. The predicted octanol–water partition coefficient (Wildman–Crippen LogP) is 13.0. The SMILES string of the molecule is C=[N+](C)CCOP(=O)(OCC)OC[C@@H](COC(=O)CCCCCCC/C=C\CCCCCCCC)OC(=O)CCCCCCC/C=C\CCCCCCCC. The summed E-state index contributed by atoms with van der Waals surface area (Å²) in [6, 6.07) is 0. The molecule has 10 heteroatoms. The molecule has 0 amide bonds. The monoisotopic (exact) mass is 799 g/mol. The van der Waals surface area contributed by atoms with Crippen molar-refractivity contribution in [2.45, 2.75) is 207 Å². The molecular formula is C45H85NO8P+. The van der Waals surface area contributed by atoms with E-state index in [0.29, 0.717) is 19.4 Å². The summed E-state index contributed by atoms with van der Waals surface area (Å²) < 4.78 is 42.3. The van der Waals surface area contributed by atoms with Crippen LogP contribution in [-0.4, -0.2) is 69.4 Å². The van der Waals surface area contributed by atoms with Crippen molar-refractivity contribution in [3.05, 3.63) is 24.3 Å². The van der Waals surface area contributed by atoms with Crippen molar-refractivity contribution in [2.75, 3.05) is 40.0 Å². The molecule has 1 unspecified atom stereocenters. The van der Waals surface area contributed by atoms with Gasteiger partial charge in [0.25, 0.3) is 0 Å². The Morgan fingerprint density at radius 3 is 1.42 bits per heavy atom. The molecule has 0 aromatic carbocycles. The van der Waals surface area contributed by atoms with E-state index in [1.54, 1.807) is 18.5 Å². The van der Waals surface area contributed by atoms with Gasteiger partial charge in [0.05, 0.1) is 13.2 Å². The zero-order valence-corrected chi connectivity index (χ0v) is 37.0. The molecule has 0 N–H and O–H groups in total. The van der Waals surface area contributed by atoms with Gasteiger partial charge in [-0.05, 0) is 71.1 Å². The zero-order valence-electron chi connectivity index (χ0n) is 36.1. The minimum absolute atomic E-state index is 0.0855. The van der Waals surface area contributed by atoms with Gasteiger partial charge in [0, 0.05) is 12.8 Å². The molecule has 0 spiro atoms. The van der Waals surface area contributed by atoms with E-state index in [9.17, 15) is 14.2 Å². The first-order chi connectivity index (χ1) is 26.8. The summed E-state index contributed by atoms with van der Waals surface area (Å²) in [5, 5.41) is 0. The van der Waals surface area contributed by atoms with Gasteiger partial charge in [0.2, 0.25) is 0 Å². The average Bonchev–Trinajstić information content (AvgIpc) is 3.15. The Morgan fingerprint density at radius 1 is 0.564 bits per heavy atom. The Morgan fingerprint density at radius 2 is 0.982 bits per heavy atom. The number of esters is 2. The maximum Gasteiger partial charge on any atom is 0.475 e. The molecule has 0 saturated heterocycles. The molecule has 0 rings (SSSR count). The number of hydrogen-bond acceptors (Lipinski definition) is 8. The Bertz CT molecular complexity index is 1020. The number of rotatable bonds is 42. The molecule has 0 bridgehead atoms. The van der Waals surface area contributed by atoms with Crippen LogP contribution in [0.4, 0.5) is 0 Å². The smallest absolute Gasteiger partial charge is 0.462 e.